The largest absolute Gasteiger partial charge is 0.508 e. The van der Waals surface area contributed by atoms with Crippen LogP contribution in [0.5, 0.6) is 5.75 Å². The molecule has 3 N–H and O–H groups in total. The minimum absolute atomic E-state index is 0.226. The van der Waals surface area contributed by atoms with Crippen LogP contribution in [0.3, 0.4) is 0 Å². The SMILES string of the molecule is CCNC(=NCc1cccc(O)c1)NC(C)Cc1c(C)nn(C)c1C. The highest BCUT2D eigenvalue weighted by Gasteiger charge is 2.14. The lowest BCUT2D eigenvalue weighted by Crippen LogP contribution is -2.43. The normalized spacial score (nSPS) is 12.9. The Kier molecular flexibility index (Phi) is 6.44. The van der Waals surface area contributed by atoms with Crippen LogP contribution in [0.15, 0.2) is 29.3 Å². The summed E-state index contributed by atoms with van der Waals surface area (Å²) < 4.78 is 1.93. The first-order chi connectivity index (χ1) is 11.9. The van der Waals surface area contributed by atoms with Crippen LogP contribution in [-0.4, -0.2) is 33.4 Å². The molecule has 6 heteroatoms. The Hall–Kier alpha value is -2.50. The van der Waals surface area contributed by atoms with E-state index in [1.165, 1.54) is 11.3 Å². The summed E-state index contributed by atoms with van der Waals surface area (Å²) in [5, 5.41) is 20.8. The summed E-state index contributed by atoms with van der Waals surface area (Å²) in [4.78, 5) is 4.62. The zero-order valence-corrected chi connectivity index (χ0v) is 15.8. The summed E-state index contributed by atoms with van der Waals surface area (Å²) in [6, 6.07) is 7.41. The molecule has 2 aromatic rings. The number of benzene rings is 1. The van der Waals surface area contributed by atoms with Gasteiger partial charge in [-0.05, 0) is 57.4 Å². The van der Waals surface area contributed by atoms with Crippen molar-refractivity contribution in [1.29, 1.82) is 0 Å². The van der Waals surface area contributed by atoms with Gasteiger partial charge in [0.2, 0.25) is 0 Å². The van der Waals surface area contributed by atoms with Crippen LogP contribution in [0.1, 0.15) is 36.4 Å². The molecular formula is C19H29N5O. The first-order valence-corrected chi connectivity index (χ1v) is 8.72. The molecule has 6 nitrogen and oxygen atoms in total. The predicted molar refractivity (Wildman–Crippen MR) is 102 cm³/mol. The zero-order valence-electron chi connectivity index (χ0n) is 15.8. The average molecular weight is 343 g/mol. The highest BCUT2D eigenvalue weighted by Crippen LogP contribution is 2.14. The van der Waals surface area contributed by atoms with E-state index in [2.05, 4.69) is 41.5 Å². The second kappa shape index (κ2) is 8.55. The van der Waals surface area contributed by atoms with E-state index in [0.29, 0.717) is 6.54 Å². The van der Waals surface area contributed by atoms with E-state index in [1.54, 1.807) is 12.1 Å². The summed E-state index contributed by atoms with van der Waals surface area (Å²) in [5.74, 6) is 1.04. The monoisotopic (exact) mass is 343 g/mol. The molecule has 25 heavy (non-hydrogen) atoms. The van der Waals surface area contributed by atoms with Crippen molar-refractivity contribution < 1.29 is 5.11 Å². The molecule has 1 unspecified atom stereocenters. The van der Waals surface area contributed by atoms with E-state index >= 15 is 0 Å². The number of guanidine groups is 1. The molecule has 1 atom stereocenters. The fraction of sp³-hybridized carbons (Fsp3) is 0.474. The van der Waals surface area contributed by atoms with Crippen LogP contribution >= 0.6 is 0 Å². The topological polar surface area (TPSA) is 74.5 Å². The number of rotatable bonds is 6. The molecule has 0 saturated carbocycles. The fourth-order valence-corrected chi connectivity index (χ4v) is 2.85. The Morgan fingerprint density at radius 1 is 1.36 bits per heavy atom. The third-order valence-electron chi connectivity index (χ3n) is 4.23. The van der Waals surface area contributed by atoms with Gasteiger partial charge in [0.1, 0.15) is 5.75 Å². The van der Waals surface area contributed by atoms with Gasteiger partial charge in [-0.2, -0.15) is 5.10 Å². The molecule has 0 fully saturated rings. The van der Waals surface area contributed by atoms with Gasteiger partial charge in [-0.25, -0.2) is 4.99 Å². The highest BCUT2D eigenvalue weighted by molar-refractivity contribution is 5.80. The third-order valence-corrected chi connectivity index (χ3v) is 4.23. The Balaban J connectivity index is 2.03. The number of aromatic hydroxyl groups is 1. The Labute approximate surface area is 150 Å². The molecule has 0 aliphatic rings. The Bertz CT molecular complexity index is 735. The van der Waals surface area contributed by atoms with E-state index in [4.69, 9.17) is 0 Å². The lowest BCUT2D eigenvalue weighted by atomic mass is 10.1. The van der Waals surface area contributed by atoms with Crippen molar-refractivity contribution in [2.24, 2.45) is 12.0 Å². The second-order valence-corrected chi connectivity index (χ2v) is 6.39. The molecule has 0 aliphatic heterocycles. The van der Waals surface area contributed by atoms with Crippen molar-refractivity contribution >= 4 is 5.96 Å². The molecule has 0 spiro atoms. The maximum atomic E-state index is 9.56. The molecular weight excluding hydrogens is 314 g/mol. The highest BCUT2D eigenvalue weighted by atomic mass is 16.3. The van der Waals surface area contributed by atoms with Gasteiger partial charge in [0.25, 0.3) is 0 Å². The molecule has 136 valence electrons. The number of phenolic OH excluding ortho intramolecular Hbond substituents is 1. The van der Waals surface area contributed by atoms with E-state index in [9.17, 15) is 5.11 Å². The second-order valence-electron chi connectivity index (χ2n) is 6.39. The first-order valence-electron chi connectivity index (χ1n) is 8.72. The molecule has 0 radical (unpaired) electrons. The van der Waals surface area contributed by atoms with Crippen LogP contribution in [0.2, 0.25) is 0 Å². The zero-order chi connectivity index (χ0) is 18.4. The number of aryl methyl sites for hydroxylation is 2. The predicted octanol–water partition coefficient (Wildman–Crippen LogP) is 2.43. The quantitative estimate of drug-likeness (QED) is 0.556. The van der Waals surface area contributed by atoms with Crippen molar-refractivity contribution in [1.82, 2.24) is 20.4 Å². The molecule has 2 rings (SSSR count). The van der Waals surface area contributed by atoms with Crippen molar-refractivity contribution in [3.63, 3.8) is 0 Å². The third kappa shape index (κ3) is 5.24. The number of aliphatic imine (C=N–C) groups is 1. The number of phenols is 1. The lowest BCUT2D eigenvalue weighted by Gasteiger charge is -2.18. The average Bonchev–Trinajstić information content (AvgIpc) is 2.79. The van der Waals surface area contributed by atoms with Crippen molar-refractivity contribution in [3.8, 4) is 5.75 Å². The van der Waals surface area contributed by atoms with Gasteiger partial charge in [-0.1, -0.05) is 12.1 Å². The van der Waals surface area contributed by atoms with Crippen LogP contribution in [-0.2, 0) is 20.0 Å². The lowest BCUT2D eigenvalue weighted by molar-refractivity contribution is 0.474. The van der Waals surface area contributed by atoms with Crippen LogP contribution < -0.4 is 10.6 Å². The van der Waals surface area contributed by atoms with E-state index < -0.39 is 0 Å². The molecule has 1 aromatic heterocycles. The number of nitrogens with one attached hydrogen (secondary N) is 2. The van der Waals surface area contributed by atoms with Gasteiger partial charge >= 0.3 is 0 Å². The van der Waals surface area contributed by atoms with E-state index in [1.807, 2.05) is 30.8 Å². The summed E-state index contributed by atoms with van der Waals surface area (Å²) in [7, 11) is 1.98. The molecule has 0 amide bonds. The van der Waals surface area contributed by atoms with E-state index in [-0.39, 0.29) is 11.8 Å². The van der Waals surface area contributed by atoms with E-state index in [0.717, 1.165) is 30.2 Å². The standard InChI is InChI=1S/C19H29N5O/c1-6-20-19(21-12-16-8-7-9-17(25)11-16)22-13(2)10-18-14(3)23-24(5)15(18)4/h7-9,11,13,25H,6,10,12H2,1-5H3,(H2,20,21,22). The van der Waals surface area contributed by atoms with Gasteiger partial charge in [-0.15, -0.1) is 0 Å². The number of hydrogen-bond acceptors (Lipinski definition) is 3. The molecule has 0 bridgehead atoms. The summed E-state index contributed by atoms with van der Waals surface area (Å²) in [6.45, 7) is 9.66. The van der Waals surface area contributed by atoms with Crippen molar-refractivity contribution in [2.75, 3.05) is 6.54 Å². The van der Waals surface area contributed by atoms with Crippen molar-refractivity contribution in [3.05, 3.63) is 46.8 Å². The van der Waals surface area contributed by atoms with Gasteiger partial charge in [0.15, 0.2) is 5.96 Å². The summed E-state index contributed by atoms with van der Waals surface area (Å²) >= 11 is 0. The number of nitrogens with zero attached hydrogens (tertiary/aromatic N) is 3. The van der Waals surface area contributed by atoms with Gasteiger partial charge in [-0.3, -0.25) is 4.68 Å². The molecule has 1 heterocycles. The summed E-state index contributed by atoms with van der Waals surface area (Å²) in [5.41, 5.74) is 4.54. The first kappa shape index (κ1) is 18.8. The Morgan fingerprint density at radius 3 is 2.72 bits per heavy atom. The van der Waals surface area contributed by atoms with Crippen LogP contribution in [0.25, 0.3) is 0 Å². The molecule has 0 aliphatic carbocycles. The minimum Gasteiger partial charge on any atom is -0.508 e. The Morgan fingerprint density at radius 2 is 2.12 bits per heavy atom. The van der Waals surface area contributed by atoms with Gasteiger partial charge < -0.3 is 15.7 Å². The maximum absolute atomic E-state index is 9.56. The summed E-state index contributed by atoms with van der Waals surface area (Å²) in [6.07, 6.45) is 0.891. The fourth-order valence-electron chi connectivity index (χ4n) is 2.85. The molecule has 0 saturated heterocycles. The maximum Gasteiger partial charge on any atom is 0.191 e. The van der Waals surface area contributed by atoms with Crippen LogP contribution in [0.4, 0.5) is 0 Å². The molecule has 1 aromatic carbocycles. The minimum atomic E-state index is 0.226. The van der Waals surface area contributed by atoms with Gasteiger partial charge in [0.05, 0.1) is 12.2 Å². The number of hydrogen-bond donors (Lipinski definition) is 3. The van der Waals surface area contributed by atoms with Gasteiger partial charge in [0, 0.05) is 25.3 Å². The van der Waals surface area contributed by atoms with Crippen molar-refractivity contribution in [2.45, 2.75) is 46.7 Å². The number of aromatic nitrogens is 2. The van der Waals surface area contributed by atoms with Crippen LogP contribution in [0, 0.1) is 13.8 Å². The smallest absolute Gasteiger partial charge is 0.191 e.